The first-order valence-corrected chi connectivity index (χ1v) is 9.66. The summed E-state index contributed by atoms with van der Waals surface area (Å²) in [4.78, 5) is 6.95. The molecule has 0 amide bonds. The number of rotatable bonds is 6. The molecule has 1 saturated heterocycles. The van der Waals surface area contributed by atoms with Gasteiger partial charge >= 0.3 is 0 Å². The molecular formula is C22H27N3O2. The predicted octanol–water partition coefficient (Wildman–Crippen LogP) is 3.12. The van der Waals surface area contributed by atoms with E-state index in [0.717, 1.165) is 48.9 Å². The molecule has 2 aliphatic rings. The number of ether oxygens (including phenoxy) is 2. The van der Waals surface area contributed by atoms with E-state index in [-0.39, 0.29) is 0 Å². The molecule has 1 fully saturated rings. The quantitative estimate of drug-likeness (QED) is 0.852. The molecule has 4 rings (SSSR count). The van der Waals surface area contributed by atoms with Gasteiger partial charge in [0, 0.05) is 37.4 Å². The van der Waals surface area contributed by atoms with E-state index in [1.807, 2.05) is 30.5 Å². The summed E-state index contributed by atoms with van der Waals surface area (Å²) >= 11 is 0. The van der Waals surface area contributed by atoms with Crippen LogP contribution in [0.1, 0.15) is 24.1 Å². The van der Waals surface area contributed by atoms with E-state index in [1.54, 1.807) is 7.11 Å². The summed E-state index contributed by atoms with van der Waals surface area (Å²) in [5.41, 5.74) is 3.52. The van der Waals surface area contributed by atoms with Crippen molar-refractivity contribution in [3.05, 3.63) is 59.4 Å². The minimum atomic E-state index is 0.509. The van der Waals surface area contributed by atoms with Crippen LogP contribution in [-0.4, -0.2) is 49.3 Å². The fourth-order valence-electron chi connectivity index (χ4n) is 3.79. The summed E-state index contributed by atoms with van der Waals surface area (Å²) in [7, 11) is 1.69. The first-order chi connectivity index (χ1) is 13.3. The second-order valence-corrected chi connectivity index (χ2v) is 7.27. The average molecular weight is 365 g/mol. The van der Waals surface area contributed by atoms with Crippen molar-refractivity contribution in [3.63, 3.8) is 0 Å². The first kappa shape index (κ1) is 18.0. The molecule has 5 nitrogen and oxygen atoms in total. The molecule has 1 aromatic carbocycles. The number of pyridine rings is 1. The molecule has 0 radical (unpaired) electrons. The first-order valence-electron chi connectivity index (χ1n) is 9.66. The van der Waals surface area contributed by atoms with Crippen LogP contribution in [0.4, 0.5) is 0 Å². The van der Waals surface area contributed by atoms with Gasteiger partial charge in [0.1, 0.15) is 18.1 Å². The fraction of sp³-hybridized carbons (Fsp3) is 0.409. The molecule has 0 aliphatic carbocycles. The molecule has 0 saturated carbocycles. The maximum Gasteiger partial charge on any atom is 0.127 e. The van der Waals surface area contributed by atoms with Crippen molar-refractivity contribution in [3.8, 4) is 11.5 Å². The second kappa shape index (κ2) is 8.55. The van der Waals surface area contributed by atoms with E-state index >= 15 is 0 Å². The zero-order chi connectivity index (χ0) is 18.5. The standard InChI is InChI=1S/C22H27N3O2/c1-26-21-7-8-22-18(12-21)11-17(16-27-22)13-24-20-6-4-10-25(15-20)14-19-5-2-3-9-23-19/h2-3,5,7-9,11-12,20,24H,4,6,10,13-16H2,1H3/t20-/m1/s1. The lowest BCUT2D eigenvalue weighted by Crippen LogP contribution is -2.46. The highest BCUT2D eigenvalue weighted by atomic mass is 16.5. The van der Waals surface area contributed by atoms with Gasteiger partial charge in [-0.2, -0.15) is 0 Å². The molecule has 1 N–H and O–H groups in total. The number of aromatic nitrogens is 1. The van der Waals surface area contributed by atoms with Crippen LogP contribution in [0.25, 0.3) is 6.08 Å². The number of likely N-dealkylation sites (tertiary alicyclic amines) is 1. The van der Waals surface area contributed by atoms with Gasteiger partial charge < -0.3 is 14.8 Å². The fourth-order valence-corrected chi connectivity index (χ4v) is 3.79. The Morgan fingerprint density at radius 1 is 1.30 bits per heavy atom. The van der Waals surface area contributed by atoms with Crippen LogP contribution in [0.2, 0.25) is 0 Å². The average Bonchev–Trinajstić information content (AvgIpc) is 2.72. The van der Waals surface area contributed by atoms with Crippen LogP contribution in [0.3, 0.4) is 0 Å². The molecule has 142 valence electrons. The number of nitrogens with zero attached hydrogens (tertiary/aromatic N) is 2. The summed E-state index contributed by atoms with van der Waals surface area (Å²) in [6, 6.07) is 12.6. The molecule has 1 aromatic heterocycles. The van der Waals surface area contributed by atoms with E-state index in [9.17, 15) is 0 Å². The van der Waals surface area contributed by atoms with E-state index in [2.05, 4.69) is 33.4 Å². The van der Waals surface area contributed by atoms with Crippen LogP contribution < -0.4 is 14.8 Å². The van der Waals surface area contributed by atoms with Crippen molar-refractivity contribution in [2.45, 2.75) is 25.4 Å². The summed E-state index contributed by atoms with van der Waals surface area (Å²) in [6.07, 6.45) is 6.54. The molecule has 1 atom stereocenters. The van der Waals surface area contributed by atoms with Crippen molar-refractivity contribution in [2.75, 3.05) is 33.4 Å². The van der Waals surface area contributed by atoms with Crippen LogP contribution in [0, 0.1) is 0 Å². The van der Waals surface area contributed by atoms with Crippen molar-refractivity contribution in [2.24, 2.45) is 0 Å². The Balaban J connectivity index is 1.32. The summed E-state index contributed by atoms with van der Waals surface area (Å²) in [6.45, 7) is 4.65. The van der Waals surface area contributed by atoms with Gasteiger partial charge in [0.25, 0.3) is 0 Å². The van der Waals surface area contributed by atoms with Crippen LogP contribution in [-0.2, 0) is 6.54 Å². The van der Waals surface area contributed by atoms with E-state index in [4.69, 9.17) is 9.47 Å². The monoisotopic (exact) mass is 365 g/mol. The van der Waals surface area contributed by atoms with E-state index in [1.165, 1.54) is 18.4 Å². The zero-order valence-corrected chi connectivity index (χ0v) is 15.9. The molecule has 2 aliphatic heterocycles. The molecule has 0 bridgehead atoms. The van der Waals surface area contributed by atoms with Crippen LogP contribution in [0.5, 0.6) is 11.5 Å². The largest absolute Gasteiger partial charge is 0.497 e. The molecule has 5 heteroatoms. The van der Waals surface area contributed by atoms with Crippen molar-refractivity contribution < 1.29 is 9.47 Å². The Bertz CT molecular complexity index is 791. The normalized spacial score (nSPS) is 19.7. The lowest BCUT2D eigenvalue weighted by molar-refractivity contribution is 0.183. The van der Waals surface area contributed by atoms with Crippen molar-refractivity contribution >= 4 is 6.08 Å². The number of piperidine rings is 1. The van der Waals surface area contributed by atoms with E-state index < -0.39 is 0 Å². The topological polar surface area (TPSA) is 46.6 Å². The minimum absolute atomic E-state index is 0.509. The Hall–Kier alpha value is -2.37. The van der Waals surface area contributed by atoms with Crippen LogP contribution in [0.15, 0.2) is 48.2 Å². The van der Waals surface area contributed by atoms with Crippen molar-refractivity contribution in [1.82, 2.24) is 15.2 Å². The van der Waals surface area contributed by atoms with Gasteiger partial charge in [-0.1, -0.05) is 6.07 Å². The Labute approximate surface area is 161 Å². The number of hydrogen-bond donors (Lipinski definition) is 1. The molecular weight excluding hydrogens is 338 g/mol. The van der Waals surface area contributed by atoms with Crippen LogP contribution >= 0.6 is 0 Å². The minimum Gasteiger partial charge on any atom is -0.497 e. The molecule has 0 unspecified atom stereocenters. The molecule has 27 heavy (non-hydrogen) atoms. The maximum atomic E-state index is 5.89. The highest BCUT2D eigenvalue weighted by Crippen LogP contribution is 2.29. The lowest BCUT2D eigenvalue weighted by Gasteiger charge is -2.33. The molecule has 0 spiro atoms. The smallest absolute Gasteiger partial charge is 0.127 e. The van der Waals surface area contributed by atoms with Crippen molar-refractivity contribution in [1.29, 1.82) is 0 Å². The summed E-state index contributed by atoms with van der Waals surface area (Å²) in [5, 5.41) is 3.72. The Kier molecular flexibility index (Phi) is 5.70. The predicted molar refractivity (Wildman–Crippen MR) is 107 cm³/mol. The number of methoxy groups -OCH3 is 1. The van der Waals surface area contributed by atoms with E-state index in [0.29, 0.717) is 12.6 Å². The zero-order valence-electron chi connectivity index (χ0n) is 15.9. The Morgan fingerprint density at radius 3 is 3.11 bits per heavy atom. The summed E-state index contributed by atoms with van der Waals surface area (Å²) < 4.78 is 11.2. The highest BCUT2D eigenvalue weighted by Gasteiger charge is 2.21. The van der Waals surface area contributed by atoms with Gasteiger partial charge in [-0.05, 0) is 61.4 Å². The molecule has 3 heterocycles. The molecule has 2 aromatic rings. The number of hydrogen-bond acceptors (Lipinski definition) is 5. The van der Waals surface area contributed by atoms with Gasteiger partial charge in [-0.25, -0.2) is 0 Å². The summed E-state index contributed by atoms with van der Waals surface area (Å²) in [5.74, 6) is 1.79. The number of nitrogens with one attached hydrogen (secondary N) is 1. The van der Waals surface area contributed by atoms with Gasteiger partial charge in [-0.15, -0.1) is 0 Å². The Morgan fingerprint density at radius 2 is 2.26 bits per heavy atom. The second-order valence-electron chi connectivity index (χ2n) is 7.27. The third kappa shape index (κ3) is 4.67. The third-order valence-electron chi connectivity index (χ3n) is 5.22. The van der Waals surface area contributed by atoms with Gasteiger partial charge in [0.15, 0.2) is 0 Å². The van der Waals surface area contributed by atoms with Gasteiger partial charge in [-0.3, -0.25) is 9.88 Å². The lowest BCUT2D eigenvalue weighted by atomic mass is 10.0. The van der Waals surface area contributed by atoms with Gasteiger partial charge in [0.05, 0.1) is 12.8 Å². The maximum absolute atomic E-state index is 5.89. The van der Waals surface area contributed by atoms with Gasteiger partial charge in [0.2, 0.25) is 0 Å². The highest BCUT2D eigenvalue weighted by molar-refractivity contribution is 5.64. The SMILES string of the molecule is COc1ccc2c(c1)C=C(CN[C@@H]1CCCN(Cc3ccccn3)C1)CO2. The third-order valence-corrected chi connectivity index (χ3v) is 5.22. The number of fused-ring (bicyclic) bond motifs is 1. The number of benzene rings is 1.